The molecule has 0 aliphatic carbocycles. The Kier molecular flexibility index (Phi) is 2.91. The average molecular weight is 237 g/mol. The summed E-state index contributed by atoms with van der Waals surface area (Å²) in [4.78, 5) is 14.8. The van der Waals surface area contributed by atoms with E-state index in [1.807, 2.05) is 5.32 Å². The van der Waals surface area contributed by atoms with Gasteiger partial charge in [-0.3, -0.25) is 10.1 Å². The Bertz CT molecular complexity index is 397. The Morgan fingerprint density at radius 1 is 1.56 bits per heavy atom. The number of hydrogen-bond donors (Lipinski definition) is 2. The average Bonchev–Trinajstić information content (AvgIpc) is 2.49. The Morgan fingerprint density at radius 3 is 2.50 bits per heavy atom. The zero-order chi connectivity index (χ0) is 12.6. The second-order valence-corrected chi connectivity index (χ2v) is 3.36. The molecule has 90 valence electrons. The first-order valence-electron chi connectivity index (χ1n) is 4.17. The first-order chi connectivity index (χ1) is 7.16. The number of halogens is 3. The number of nitrogens with two attached hydrogens (primary N) is 1. The standard InChI is InChI=1S/C7H10F3N5O/c1-6(11,7(8,9)10)4(16)14-5-12-3-13-15(5)2/h3H,11H2,1-2H3,(H,12,13,14,16). The maximum Gasteiger partial charge on any atom is 0.415 e. The van der Waals surface area contributed by atoms with E-state index in [1.165, 1.54) is 7.05 Å². The second kappa shape index (κ2) is 3.74. The van der Waals surface area contributed by atoms with Crippen molar-refractivity contribution < 1.29 is 18.0 Å². The predicted octanol–water partition coefficient (Wildman–Crippen LogP) is 0.0333. The van der Waals surface area contributed by atoms with Crippen molar-refractivity contribution in [2.75, 3.05) is 5.32 Å². The molecule has 0 bridgehead atoms. The van der Waals surface area contributed by atoms with Gasteiger partial charge in [0.2, 0.25) is 5.95 Å². The SMILES string of the molecule is Cn1ncnc1NC(=O)C(C)(N)C(F)(F)F. The van der Waals surface area contributed by atoms with Crippen LogP contribution >= 0.6 is 0 Å². The van der Waals surface area contributed by atoms with Crippen LogP contribution in [0.15, 0.2) is 6.33 Å². The number of hydrogen-bond acceptors (Lipinski definition) is 4. The molecule has 0 aliphatic heterocycles. The minimum absolute atomic E-state index is 0.106. The second-order valence-electron chi connectivity index (χ2n) is 3.36. The molecule has 1 heterocycles. The van der Waals surface area contributed by atoms with E-state index < -0.39 is 17.6 Å². The van der Waals surface area contributed by atoms with Crippen molar-refractivity contribution in [3.05, 3.63) is 6.33 Å². The molecule has 0 fully saturated rings. The Morgan fingerprint density at radius 2 is 2.12 bits per heavy atom. The lowest BCUT2D eigenvalue weighted by molar-refractivity contribution is -0.184. The minimum atomic E-state index is -4.84. The molecule has 0 aromatic carbocycles. The highest BCUT2D eigenvalue weighted by Gasteiger charge is 2.54. The van der Waals surface area contributed by atoms with Crippen LogP contribution in [0.1, 0.15) is 6.92 Å². The maximum atomic E-state index is 12.4. The highest BCUT2D eigenvalue weighted by atomic mass is 19.4. The maximum absolute atomic E-state index is 12.4. The fourth-order valence-corrected chi connectivity index (χ4v) is 0.769. The lowest BCUT2D eigenvalue weighted by atomic mass is 10.0. The molecule has 0 aliphatic rings. The number of nitrogens with zero attached hydrogens (tertiary/aromatic N) is 3. The number of carbonyl (C=O) groups excluding carboxylic acids is 1. The third kappa shape index (κ3) is 2.13. The van der Waals surface area contributed by atoms with Crippen molar-refractivity contribution in [1.29, 1.82) is 0 Å². The predicted molar refractivity (Wildman–Crippen MR) is 48.3 cm³/mol. The summed E-state index contributed by atoms with van der Waals surface area (Å²) in [7, 11) is 1.42. The van der Waals surface area contributed by atoms with E-state index in [2.05, 4.69) is 10.1 Å². The molecule has 0 saturated heterocycles. The van der Waals surface area contributed by atoms with Gasteiger partial charge in [-0.25, -0.2) is 4.68 Å². The zero-order valence-electron chi connectivity index (χ0n) is 8.54. The molecule has 0 spiro atoms. The number of anilines is 1. The van der Waals surface area contributed by atoms with Crippen molar-refractivity contribution in [2.45, 2.75) is 18.6 Å². The summed E-state index contributed by atoms with van der Waals surface area (Å²) >= 11 is 0. The van der Waals surface area contributed by atoms with E-state index >= 15 is 0 Å². The number of nitrogens with one attached hydrogen (secondary N) is 1. The van der Waals surface area contributed by atoms with Gasteiger partial charge in [-0.2, -0.15) is 23.3 Å². The summed E-state index contributed by atoms with van der Waals surface area (Å²) in [5, 5.41) is 5.53. The fourth-order valence-electron chi connectivity index (χ4n) is 0.769. The van der Waals surface area contributed by atoms with Crippen molar-refractivity contribution in [2.24, 2.45) is 12.8 Å². The third-order valence-electron chi connectivity index (χ3n) is 2.00. The number of amides is 1. The molecule has 0 radical (unpaired) electrons. The van der Waals surface area contributed by atoms with Gasteiger partial charge in [0.05, 0.1) is 0 Å². The van der Waals surface area contributed by atoms with Gasteiger partial charge in [0.1, 0.15) is 6.33 Å². The van der Waals surface area contributed by atoms with E-state index in [1.54, 1.807) is 0 Å². The van der Waals surface area contributed by atoms with Crippen LogP contribution in [-0.4, -0.2) is 32.4 Å². The molecule has 1 aromatic rings. The van der Waals surface area contributed by atoms with Crippen LogP contribution in [0.25, 0.3) is 0 Å². The molecule has 0 saturated carbocycles. The number of aromatic nitrogens is 3. The normalized spacial score (nSPS) is 15.6. The van der Waals surface area contributed by atoms with Gasteiger partial charge in [-0.1, -0.05) is 0 Å². The van der Waals surface area contributed by atoms with Crippen LogP contribution in [0, 0.1) is 0 Å². The molecular formula is C7H10F3N5O. The van der Waals surface area contributed by atoms with Crippen LogP contribution in [0.2, 0.25) is 0 Å². The highest BCUT2D eigenvalue weighted by Crippen LogP contribution is 2.28. The van der Waals surface area contributed by atoms with E-state index in [4.69, 9.17) is 5.73 Å². The van der Waals surface area contributed by atoms with E-state index in [0.717, 1.165) is 11.0 Å². The van der Waals surface area contributed by atoms with Gasteiger partial charge in [-0.15, -0.1) is 0 Å². The van der Waals surface area contributed by atoms with Crippen LogP contribution in [0.5, 0.6) is 0 Å². The fraction of sp³-hybridized carbons (Fsp3) is 0.571. The van der Waals surface area contributed by atoms with Gasteiger partial charge in [-0.05, 0) is 6.92 Å². The largest absolute Gasteiger partial charge is 0.415 e. The molecule has 1 aromatic heterocycles. The quantitative estimate of drug-likeness (QED) is 0.760. The van der Waals surface area contributed by atoms with Gasteiger partial charge >= 0.3 is 6.18 Å². The summed E-state index contributed by atoms with van der Waals surface area (Å²) in [6.07, 6.45) is -3.74. The summed E-state index contributed by atoms with van der Waals surface area (Å²) < 4.78 is 38.3. The van der Waals surface area contributed by atoms with Crippen molar-refractivity contribution >= 4 is 11.9 Å². The van der Waals surface area contributed by atoms with Crippen LogP contribution in [-0.2, 0) is 11.8 Å². The molecule has 1 unspecified atom stereocenters. The van der Waals surface area contributed by atoms with Gasteiger partial charge < -0.3 is 5.73 Å². The van der Waals surface area contributed by atoms with Crippen molar-refractivity contribution in [3.63, 3.8) is 0 Å². The van der Waals surface area contributed by atoms with Crippen LogP contribution in [0.4, 0.5) is 19.1 Å². The molecule has 3 N–H and O–H groups in total. The lowest BCUT2D eigenvalue weighted by Crippen LogP contribution is -2.59. The van der Waals surface area contributed by atoms with Gasteiger partial charge in [0.15, 0.2) is 5.54 Å². The summed E-state index contributed by atoms with van der Waals surface area (Å²) in [5.41, 5.74) is 1.94. The smallest absolute Gasteiger partial charge is 0.310 e. The third-order valence-corrected chi connectivity index (χ3v) is 2.00. The zero-order valence-corrected chi connectivity index (χ0v) is 8.54. The highest BCUT2D eigenvalue weighted by molar-refractivity contribution is 5.97. The Balaban J connectivity index is 2.85. The van der Waals surface area contributed by atoms with Crippen molar-refractivity contribution in [3.8, 4) is 0 Å². The summed E-state index contributed by atoms with van der Waals surface area (Å²) in [6, 6.07) is 0. The molecule has 6 nitrogen and oxygen atoms in total. The van der Waals surface area contributed by atoms with E-state index in [0.29, 0.717) is 6.92 Å². The number of aryl methyl sites for hydroxylation is 1. The summed E-state index contributed by atoms with van der Waals surface area (Å²) in [6.45, 7) is 0.582. The Labute approximate surface area is 88.6 Å². The summed E-state index contributed by atoms with van der Waals surface area (Å²) in [5.74, 6) is -1.50. The van der Waals surface area contributed by atoms with Crippen LogP contribution < -0.4 is 11.1 Å². The van der Waals surface area contributed by atoms with Gasteiger partial charge in [0, 0.05) is 7.05 Å². The van der Waals surface area contributed by atoms with E-state index in [-0.39, 0.29) is 5.95 Å². The molecule has 1 rings (SSSR count). The number of carbonyl (C=O) groups is 1. The van der Waals surface area contributed by atoms with Crippen molar-refractivity contribution in [1.82, 2.24) is 14.8 Å². The first kappa shape index (κ1) is 12.4. The van der Waals surface area contributed by atoms with Gasteiger partial charge in [0.25, 0.3) is 5.91 Å². The topological polar surface area (TPSA) is 85.8 Å². The molecule has 1 atom stereocenters. The minimum Gasteiger partial charge on any atom is -0.310 e. The lowest BCUT2D eigenvalue weighted by Gasteiger charge is -2.25. The van der Waals surface area contributed by atoms with Crippen LogP contribution in [0.3, 0.4) is 0 Å². The molecular weight excluding hydrogens is 227 g/mol. The first-order valence-corrected chi connectivity index (χ1v) is 4.17. The molecule has 16 heavy (non-hydrogen) atoms. The number of rotatable bonds is 2. The number of alkyl halides is 3. The molecule has 1 amide bonds. The molecule has 9 heteroatoms. The monoisotopic (exact) mass is 237 g/mol. The Hall–Kier alpha value is -1.64. The van der Waals surface area contributed by atoms with E-state index in [9.17, 15) is 18.0 Å².